The number of ether oxygens (including phenoxy) is 3. The molecule has 0 aromatic heterocycles. The number of β-amino-alcohol motifs (C(OH)–C–C–N with tert-alkyl or cyclic N) is 1. The van der Waals surface area contributed by atoms with Gasteiger partial charge in [-0.3, -0.25) is 14.4 Å². The van der Waals surface area contributed by atoms with Crippen molar-refractivity contribution in [1.82, 2.24) is 15.5 Å². The molecule has 0 bridgehead atoms. The molecule has 276 valence electrons. The maximum absolute atomic E-state index is 13.0. The van der Waals surface area contributed by atoms with E-state index in [9.17, 15) is 34.8 Å². The van der Waals surface area contributed by atoms with E-state index in [-0.39, 0.29) is 30.6 Å². The van der Waals surface area contributed by atoms with Crippen LogP contribution in [-0.2, 0) is 28.6 Å². The van der Waals surface area contributed by atoms with Crippen molar-refractivity contribution in [3.63, 3.8) is 0 Å². The zero-order valence-electron chi connectivity index (χ0n) is 28.8. The van der Waals surface area contributed by atoms with Crippen LogP contribution in [0.15, 0.2) is 12.7 Å². The first kappa shape index (κ1) is 40.3. The van der Waals surface area contributed by atoms with Gasteiger partial charge < -0.3 is 50.2 Å². The highest BCUT2D eigenvalue weighted by atomic mass is 16.7. The van der Waals surface area contributed by atoms with Gasteiger partial charge in [0.1, 0.15) is 24.4 Å². The highest BCUT2D eigenvalue weighted by Crippen LogP contribution is 2.27. The molecule has 7 atom stereocenters. The van der Waals surface area contributed by atoms with Crippen LogP contribution in [0.1, 0.15) is 103 Å². The molecule has 13 heteroatoms. The lowest BCUT2D eigenvalue weighted by Gasteiger charge is -2.42. The van der Waals surface area contributed by atoms with Crippen molar-refractivity contribution in [2.24, 2.45) is 5.92 Å². The molecule has 2 aliphatic heterocycles. The molecule has 0 spiro atoms. The highest BCUT2D eigenvalue weighted by molar-refractivity contribution is 5.77. The second-order valence-corrected chi connectivity index (χ2v) is 13.7. The van der Waals surface area contributed by atoms with E-state index >= 15 is 0 Å². The number of rotatable bonds is 19. The van der Waals surface area contributed by atoms with Crippen LogP contribution in [0.5, 0.6) is 0 Å². The second kappa shape index (κ2) is 21.8. The maximum atomic E-state index is 13.0. The molecular weight excluding hydrogens is 622 g/mol. The predicted octanol–water partition coefficient (Wildman–Crippen LogP) is 1.69. The number of carbonyl (C=O) groups is 3. The van der Waals surface area contributed by atoms with Gasteiger partial charge in [0.25, 0.3) is 0 Å². The Morgan fingerprint density at radius 3 is 2.33 bits per heavy atom. The van der Waals surface area contributed by atoms with E-state index in [0.717, 1.165) is 64.2 Å². The van der Waals surface area contributed by atoms with Gasteiger partial charge in [-0.25, -0.2) is 0 Å². The predicted molar refractivity (Wildman–Crippen MR) is 179 cm³/mol. The molecule has 3 aliphatic rings. The molecule has 2 heterocycles. The number of hydrogen-bond donors (Lipinski definition) is 6. The molecule has 13 nitrogen and oxygen atoms in total. The fourth-order valence-corrected chi connectivity index (χ4v) is 6.92. The van der Waals surface area contributed by atoms with Gasteiger partial charge in [-0.05, 0) is 63.7 Å². The molecule has 1 aliphatic carbocycles. The van der Waals surface area contributed by atoms with Crippen LogP contribution in [0.4, 0.5) is 0 Å². The number of carbonyl (C=O) groups excluding carboxylic acids is 3. The van der Waals surface area contributed by atoms with E-state index in [1.807, 2.05) is 0 Å². The molecule has 3 amide bonds. The van der Waals surface area contributed by atoms with Crippen molar-refractivity contribution in [3.8, 4) is 0 Å². The average molecular weight is 684 g/mol. The molecule has 1 saturated carbocycles. The highest BCUT2D eigenvalue weighted by Gasteiger charge is 2.45. The van der Waals surface area contributed by atoms with Crippen LogP contribution in [0, 0.1) is 5.92 Å². The summed E-state index contributed by atoms with van der Waals surface area (Å²) in [6.45, 7) is 6.37. The Kier molecular flexibility index (Phi) is 18.3. The molecule has 3 fully saturated rings. The quantitative estimate of drug-likeness (QED) is 0.0864. The van der Waals surface area contributed by atoms with Gasteiger partial charge in [-0.2, -0.15) is 0 Å². The Hall–Kier alpha value is -2.13. The Morgan fingerprint density at radius 1 is 0.938 bits per heavy atom. The molecular formula is C35H61N3O10. The summed E-state index contributed by atoms with van der Waals surface area (Å²) in [5.74, 6) is 0.223. The Labute approximate surface area is 285 Å². The zero-order chi connectivity index (χ0) is 34.9. The van der Waals surface area contributed by atoms with Crippen LogP contribution in [-0.4, -0.2) is 125 Å². The third-order valence-corrected chi connectivity index (χ3v) is 9.74. The standard InChI is InChI=1S/C35H61N3O10/c1-3-25-12-10-14-28(15-11-13-25)47-23-26-20-27(41)21-38(26)31(43)17-7-4-8-18-36-30(42)16-6-5-9-19-46-35-32(37-24(2)40)34(45)33(44)29(22-39)48-35/h3,25-29,32-35,39,41,44-45H,1,4-23H2,2H3,(H,36,42)(H,37,40)/t25?,26-,27+,28?,29?,32?,33?,34?,35?/m0/s1. The van der Waals surface area contributed by atoms with Gasteiger partial charge in [0.2, 0.25) is 17.7 Å². The third kappa shape index (κ3) is 13.6. The van der Waals surface area contributed by atoms with Crippen molar-refractivity contribution in [1.29, 1.82) is 0 Å². The number of likely N-dealkylation sites (tertiary alicyclic amines) is 1. The molecule has 0 aromatic rings. The minimum Gasteiger partial charge on any atom is -0.394 e. The smallest absolute Gasteiger partial charge is 0.222 e. The summed E-state index contributed by atoms with van der Waals surface area (Å²) < 4.78 is 17.5. The number of aliphatic hydroxyl groups is 4. The summed E-state index contributed by atoms with van der Waals surface area (Å²) in [6.07, 6.45) is 9.35. The van der Waals surface area contributed by atoms with E-state index in [2.05, 4.69) is 23.3 Å². The van der Waals surface area contributed by atoms with E-state index in [1.165, 1.54) is 6.92 Å². The minimum atomic E-state index is -1.36. The van der Waals surface area contributed by atoms with E-state index in [4.69, 9.17) is 14.2 Å². The Bertz CT molecular complexity index is 976. The Balaban J connectivity index is 1.22. The van der Waals surface area contributed by atoms with Gasteiger partial charge in [0.15, 0.2) is 6.29 Å². The number of amides is 3. The minimum absolute atomic E-state index is 0.0325. The van der Waals surface area contributed by atoms with E-state index in [1.54, 1.807) is 4.90 Å². The molecule has 48 heavy (non-hydrogen) atoms. The summed E-state index contributed by atoms with van der Waals surface area (Å²) in [6, 6.07) is -1.05. The monoisotopic (exact) mass is 683 g/mol. The van der Waals surface area contributed by atoms with E-state index < -0.39 is 49.3 Å². The first-order valence-corrected chi connectivity index (χ1v) is 18.1. The lowest BCUT2D eigenvalue weighted by molar-refractivity contribution is -0.270. The molecule has 6 N–H and O–H groups in total. The fraction of sp³-hybridized carbons (Fsp3) is 0.857. The van der Waals surface area contributed by atoms with Crippen molar-refractivity contribution >= 4 is 17.7 Å². The number of hydrogen-bond acceptors (Lipinski definition) is 10. The maximum Gasteiger partial charge on any atom is 0.222 e. The first-order valence-electron chi connectivity index (χ1n) is 18.1. The summed E-state index contributed by atoms with van der Waals surface area (Å²) in [5, 5.41) is 45.6. The molecule has 0 radical (unpaired) electrons. The van der Waals surface area contributed by atoms with Gasteiger partial charge in [-0.1, -0.05) is 31.8 Å². The summed E-state index contributed by atoms with van der Waals surface area (Å²) in [7, 11) is 0. The molecule has 2 saturated heterocycles. The molecule has 0 aromatic carbocycles. The first-order chi connectivity index (χ1) is 23.1. The number of allylic oxidation sites excluding steroid dienone is 1. The topological polar surface area (TPSA) is 187 Å². The number of nitrogens with one attached hydrogen (secondary N) is 2. The van der Waals surface area contributed by atoms with Crippen molar-refractivity contribution in [2.75, 3.05) is 32.9 Å². The second-order valence-electron chi connectivity index (χ2n) is 13.7. The van der Waals surface area contributed by atoms with Crippen LogP contribution in [0.2, 0.25) is 0 Å². The lowest BCUT2D eigenvalue weighted by Crippen LogP contribution is -2.64. The van der Waals surface area contributed by atoms with Crippen LogP contribution < -0.4 is 10.6 Å². The Morgan fingerprint density at radius 2 is 1.65 bits per heavy atom. The van der Waals surface area contributed by atoms with Crippen molar-refractivity contribution in [3.05, 3.63) is 12.7 Å². The number of unbranched alkanes of at least 4 members (excludes halogenated alkanes) is 4. The van der Waals surface area contributed by atoms with Crippen molar-refractivity contribution < 1.29 is 49.0 Å². The van der Waals surface area contributed by atoms with E-state index in [0.29, 0.717) is 57.7 Å². The largest absolute Gasteiger partial charge is 0.394 e. The zero-order valence-corrected chi connectivity index (χ0v) is 28.8. The SMILES string of the molecule is C=CC1CCCC(OC[C@@H]2C[C@@H](O)CN2C(=O)CCCCCNC(=O)CCCCCOC2OC(CO)C(O)C(O)C2NC(C)=O)CCC1. The normalized spacial score (nSPS) is 31.1. The van der Waals surface area contributed by atoms with Crippen molar-refractivity contribution in [2.45, 2.75) is 152 Å². The summed E-state index contributed by atoms with van der Waals surface area (Å²) in [4.78, 5) is 38.6. The van der Waals surface area contributed by atoms with Gasteiger partial charge in [0, 0.05) is 39.5 Å². The van der Waals surface area contributed by atoms with Gasteiger partial charge in [0.05, 0.1) is 31.5 Å². The molecule has 5 unspecified atom stereocenters. The number of nitrogens with zero attached hydrogens (tertiary/aromatic N) is 1. The van der Waals surface area contributed by atoms with Crippen LogP contribution in [0.25, 0.3) is 0 Å². The fourth-order valence-electron chi connectivity index (χ4n) is 6.92. The molecule has 3 rings (SSSR count). The summed E-state index contributed by atoms with van der Waals surface area (Å²) >= 11 is 0. The van der Waals surface area contributed by atoms with Gasteiger partial charge in [-0.15, -0.1) is 6.58 Å². The van der Waals surface area contributed by atoms with Crippen LogP contribution >= 0.6 is 0 Å². The number of aliphatic hydroxyl groups excluding tert-OH is 4. The third-order valence-electron chi connectivity index (χ3n) is 9.74. The average Bonchev–Trinajstić information content (AvgIpc) is 3.43. The van der Waals surface area contributed by atoms with Gasteiger partial charge >= 0.3 is 0 Å². The summed E-state index contributed by atoms with van der Waals surface area (Å²) in [5.41, 5.74) is 0. The van der Waals surface area contributed by atoms with Crippen LogP contribution in [0.3, 0.4) is 0 Å². The lowest BCUT2D eigenvalue weighted by atomic mass is 9.90.